The van der Waals surface area contributed by atoms with Crippen LogP contribution in [0.4, 0.5) is 0 Å². The molecule has 0 aromatic rings. The van der Waals surface area contributed by atoms with Crippen LogP contribution in [0.2, 0.25) is 6.04 Å². The van der Waals surface area contributed by atoms with Crippen LogP contribution in [0.25, 0.3) is 0 Å². The van der Waals surface area contributed by atoms with Crippen LogP contribution >= 0.6 is 7.82 Å². The number of rotatable bonds is 14. The Bertz CT molecular complexity index is 431. The van der Waals surface area contributed by atoms with Crippen molar-refractivity contribution in [3.8, 4) is 0 Å². The van der Waals surface area contributed by atoms with Gasteiger partial charge in [-0.1, -0.05) is 0 Å². The van der Waals surface area contributed by atoms with Crippen molar-refractivity contribution >= 4 is 22.6 Å². The Morgan fingerprint density at radius 1 is 1.04 bits per heavy atom. The van der Waals surface area contributed by atoms with Crippen molar-refractivity contribution in [3.63, 3.8) is 0 Å². The molecule has 12 heteroatoms. The minimum atomic E-state index is -4.28. The zero-order valence-electron chi connectivity index (χ0n) is 15.9. The summed E-state index contributed by atoms with van der Waals surface area (Å²) in [6.45, 7) is -0.0305. The first-order valence-corrected chi connectivity index (χ1v) is 11.2. The van der Waals surface area contributed by atoms with E-state index in [0.29, 0.717) is 23.5 Å². The van der Waals surface area contributed by atoms with Gasteiger partial charge in [0, 0.05) is 27.4 Å². The van der Waals surface area contributed by atoms with Crippen LogP contribution in [0, 0.1) is 0 Å². The lowest BCUT2D eigenvalue weighted by Gasteiger charge is -2.24. The molecule has 0 aliphatic heterocycles. The SMILES string of the molecule is CO[Si](CCCOC(=O)COP(=O)(O)OCC[N+](C)(C)C)(OC)OC. The lowest BCUT2D eigenvalue weighted by molar-refractivity contribution is -0.870. The molecular weight excluding hydrogens is 373 g/mol. The molecule has 0 aromatic carbocycles. The summed E-state index contributed by atoms with van der Waals surface area (Å²) in [7, 11) is 3.26. The third-order valence-electron chi connectivity index (χ3n) is 3.19. The quantitative estimate of drug-likeness (QED) is 0.147. The van der Waals surface area contributed by atoms with E-state index >= 15 is 0 Å². The predicted octanol–water partition coefficient (Wildman–Crippen LogP) is 0.638. The van der Waals surface area contributed by atoms with Gasteiger partial charge >= 0.3 is 22.6 Å². The highest BCUT2D eigenvalue weighted by atomic mass is 31.2. The molecule has 150 valence electrons. The summed E-state index contributed by atoms with van der Waals surface area (Å²) in [6, 6.07) is 0.470. The molecule has 1 unspecified atom stereocenters. The van der Waals surface area contributed by atoms with Crippen LogP contribution in [-0.4, -0.2) is 93.0 Å². The average Bonchev–Trinajstić information content (AvgIpc) is 2.52. The zero-order chi connectivity index (χ0) is 19.6. The van der Waals surface area contributed by atoms with Crippen LogP contribution in [0.15, 0.2) is 0 Å². The summed E-state index contributed by atoms with van der Waals surface area (Å²) in [5.74, 6) is -0.760. The highest BCUT2D eigenvalue weighted by Crippen LogP contribution is 2.42. The molecule has 0 bridgehead atoms. The maximum Gasteiger partial charge on any atom is 0.500 e. The number of likely N-dealkylation sites (N-methyl/N-ethyl adjacent to an activating group) is 1. The first kappa shape index (κ1) is 24.6. The van der Waals surface area contributed by atoms with Crippen LogP contribution < -0.4 is 0 Å². The molecule has 0 rings (SSSR count). The van der Waals surface area contributed by atoms with Gasteiger partial charge in [0.05, 0.1) is 27.7 Å². The molecular formula is C13H31NO9PSi+. The molecule has 0 aromatic heterocycles. The monoisotopic (exact) mass is 404 g/mol. The van der Waals surface area contributed by atoms with Gasteiger partial charge in [-0.05, 0) is 6.42 Å². The van der Waals surface area contributed by atoms with Crippen molar-refractivity contribution in [2.75, 3.05) is 68.8 Å². The predicted molar refractivity (Wildman–Crippen MR) is 91.8 cm³/mol. The largest absolute Gasteiger partial charge is 0.500 e. The molecule has 25 heavy (non-hydrogen) atoms. The van der Waals surface area contributed by atoms with E-state index in [1.807, 2.05) is 21.1 Å². The van der Waals surface area contributed by atoms with Gasteiger partial charge in [-0.25, -0.2) is 9.36 Å². The van der Waals surface area contributed by atoms with E-state index in [0.717, 1.165) is 0 Å². The molecule has 0 radical (unpaired) electrons. The number of hydrogen-bond donors (Lipinski definition) is 1. The second kappa shape index (κ2) is 11.4. The Kier molecular flexibility index (Phi) is 11.2. The summed E-state index contributed by atoms with van der Waals surface area (Å²) in [6.07, 6.45) is 0.463. The van der Waals surface area contributed by atoms with E-state index in [2.05, 4.69) is 4.52 Å². The number of ether oxygens (including phenoxy) is 1. The molecule has 0 heterocycles. The highest BCUT2D eigenvalue weighted by molar-refractivity contribution is 7.47. The molecule has 0 aliphatic rings. The van der Waals surface area contributed by atoms with Gasteiger partial charge in [-0.2, -0.15) is 0 Å². The van der Waals surface area contributed by atoms with Crippen molar-refractivity contribution in [1.82, 2.24) is 0 Å². The number of esters is 1. The van der Waals surface area contributed by atoms with Gasteiger partial charge in [-0.3, -0.25) is 9.05 Å². The van der Waals surface area contributed by atoms with Gasteiger partial charge in [0.2, 0.25) is 0 Å². The standard InChI is InChI=1S/C13H30NO9PSi/c1-14(2,3)8-10-22-24(16,17)23-12-13(15)21-9-7-11-25(18-4,19-5)20-6/h7-12H2,1-6H3/p+1. The number of carbonyl (C=O) groups is 1. The fourth-order valence-corrected chi connectivity index (χ4v) is 4.02. The van der Waals surface area contributed by atoms with Crippen LogP contribution in [-0.2, 0) is 36.4 Å². The normalized spacial score (nSPS) is 15.0. The van der Waals surface area contributed by atoms with E-state index < -0.39 is 29.2 Å². The lowest BCUT2D eigenvalue weighted by atomic mass is 10.5. The second-order valence-electron chi connectivity index (χ2n) is 6.21. The molecule has 0 aliphatic carbocycles. The summed E-state index contributed by atoms with van der Waals surface area (Å²) in [4.78, 5) is 21.0. The minimum absolute atomic E-state index is 0.0318. The van der Waals surface area contributed by atoms with E-state index in [1.165, 1.54) is 21.3 Å². The smallest absolute Gasteiger partial charge is 0.464 e. The number of nitrogens with zero attached hydrogens (tertiary/aromatic N) is 1. The Hall–Kier alpha value is -0.363. The van der Waals surface area contributed by atoms with Gasteiger partial charge < -0.3 is 27.4 Å². The molecule has 0 amide bonds. The minimum Gasteiger partial charge on any atom is -0.464 e. The lowest BCUT2D eigenvalue weighted by Crippen LogP contribution is -2.42. The summed E-state index contributed by atoms with van der Waals surface area (Å²) < 4.78 is 42.2. The third-order valence-corrected chi connectivity index (χ3v) is 6.98. The first-order chi connectivity index (χ1) is 11.5. The van der Waals surface area contributed by atoms with E-state index in [4.69, 9.17) is 22.5 Å². The maximum absolute atomic E-state index is 11.6. The van der Waals surface area contributed by atoms with Gasteiger partial charge in [0.15, 0.2) is 6.61 Å². The topological polar surface area (TPSA) is 110 Å². The van der Waals surface area contributed by atoms with E-state index in [1.54, 1.807) is 0 Å². The van der Waals surface area contributed by atoms with Gasteiger partial charge in [0.25, 0.3) is 0 Å². The van der Waals surface area contributed by atoms with E-state index in [9.17, 15) is 14.3 Å². The molecule has 1 N–H and O–H groups in total. The Labute approximate surface area is 150 Å². The third kappa shape index (κ3) is 11.8. The number of carbonyl (C=O) groups excluding carboxylic acids is 1. The van der Waals surface area contributed by atoms with Crippen molar-refractivity contribution in [2.24, 2.45) is 0 Å². The van der Waals surface area contributed by atoms with Crippen molar-refractivity contribution < 1.29 is 45.8 Å². The highest BCUT2D eigenvalue weighted by Gasteiger charge is 2.37. The van der Waals surface area contributed by atoms with E-state index in [-0.39, 0.29) is 13.2 Å². The fraction of sp³-hybridized carbons (Fsp3) is 0.923. The Morgan fingerprint density at radius 3 is 2.08 bits per heavy atom. The second-order valence-corrected chi connectivity index (χ2v) is 10.8. The van der Waals surface area contributed by atoms with Crippen LogP contribution in [0.1, 0.15) is 6.42 Å². The molecule has 1 atom stereocenters. The van der Waals surface area contributed by atoms with Crippen molar-refractivity contribution in [1.29, 1.82) is 0 Å². The molecule has 0 spiro atoms. The summed E-state index contributed by atoms with van der Waals surface area (Å²) in [5.41, 5.74) is 0. The maximum atomic E-state index is 11.6. The summed E-state index contributed by atoms with van der Waals surface area (Å²) in [5, 5.41) is 0. The van der Waals surface area contributed by atoms with Crippen LogP contribution in [0.5, 0.6) is 0 Å². The number of phosphoric acid groups is 1. The Morgan fingerprint density at radius 2 is 1.60 bits per heavy atom. The Balaban J connectivity index is 4.01. The number of phosphoric ester groups is 1. The first-order valence-electron chi connectivity index (χ1n) is 7.72. The van der Waals surface area contributed by atoms with Crippen molar-refractivity contribution in [2.45, 2.75) is 12.5 Å². The van der Waals surface area contributed by atoms with Gasteiger partial charge in [-0.15, -0.1) is 0 Å². The fourth-order valence-electron chi connectivity index (χ4n) is 1.67. The average molecular weight is 404 g/mol. The van der Waals surface area contributed by atoms with Crippen LogP contribution in [0.3, 0.4) is 0 Å². The summed E-state index contributed by atoms with van der Waals surface area (Å²) >= 11 is 0. The van der Waals surface area contributed by atoms with Gasteiger partial charge in [0.1, 0.15) is 13.2 Å². The number of quaternary nitrogens is 1. The number of hydrogen-bond acceptors (Lipinski definition) is 8. The molecule has 0 saturated heterocycles. The molecule has 0 saturated carbocycles. The van der Waals surface area contributed by atoms with Crippen molar-refractivity contribution in [3.05, 3.63) is 0 Å². The zero-order valence-corrected chi connectivity index (χ0v) is 17.7. The molecule has 0 fully saturated rings. The molecule has 10 nitrogen and oxygen atoms in total.